The van der Waals surface area contributed by atoms with Crippen molar-refractivity contribution in [1.29, 1.82) is 0 Å². The number of benzene rings is 1. The Bertz CT molecular complexity index is 567. The standard InChI is InChI=1S/C14H15ClN2O2/c1-2-17(9-11-4-3-7-19-11)14(18)12-8-10(16)5-6-13(12)15/h3-8H,2,9,16H2,1H3. The Labute approximate surface area is 116 Å². The second-order valence-electron chi connectivity index (χ2n) is 4.14. The second kappa shape index (κ2) is 5.80. The summed E-state index contributed by atoms with van der Waals surface area (Å²) in [5, 5.41) is 0.400. The SMILES string of the molecule is CCN(Cc1ccco1)C(=O)c1cc(N)ccc1Cl. The van der Waals surface area contributed by atoms with Crippen molar-refractivity contribution in [3.8, 4) is 0 Å². The molecule has 1 aromatic carbocycles. The molecule has 0 spiro atoms. The van der Waals surface area contributed by atoms with Gasteiger partial charge in [-0.25, -0.2) is 0 Å². The summed E-state index contributed by atoms with van der Waals surface area (Å²) in [4.78, 5) is 14.1. The van der Waals surface area contributed by atoms with Crippen LogP contribution in [-0.2, 0) is 6.54 Å². The molecule has 0 atom stereocenters. The summed E-state index contributed by atoms with van der Waals surface area (Å²) in [6, 6.07) is 8.51. The number of nitrogens with zero attached hydrogens (tertiary/aromatic N) is 1. The fourth-order valence-corrected chi connectivity index (χ4v) is 1.99. The number of nitrogens with two attached hydrogens (primary N) is 1. The van der Waals surface area contributed by atoms with E-state index in [1.807, 2.05) is 13.0 Å². The minimum absolute atomic E-state index is 0.156. The van der Waals surface area contributed by atoms with Crippen LogP contribution in [0.2, 0.25) is 5.02 Å². The van der Waals surface area contributed by atoms with Crippen LogP contribution in [0.1, 0.15) is 23.0 Å². The van der Waals surface area contributed by atoms with E-state index in [9.17, 15) is 4.79 Å². The average Bonchev–Trinajstić information content (AvgIpc) is 2.91. The van der Waals surface area contributed by atoms with Crippen molar-refractivity contribution in [2.45, 2.75) is 13.5 Å². The molecule has 2 aromatic rings. The Hall–Kier alpha value is -1.94. The maximum Gasteiger partial charge on any atom is 0.255 e. The zero-order valence-electron chi connectivity index (χ0n) is 10.6. The number of anilines is 1. The Morgan fingerprint density at radius 1 is 1.42 bits per heavy atom. The fourth-order valence-electron chi connectivity index (χ4n) is 1.79. The number of furan rings is 1. The van der Waals surface area contributed by atoms with E-state index in [1.54, 1.807) is 35.4 Å². The number of carbonyl (C=O) groups is 1. The number of hydrogen-bond acceptors (Lipinski definition) is 3. The third-order valence-electron chi connectivity index (χ3n) is 2.82. The zero-order chi connectivity index (χ0) is 13.8. The molecule has 0 unspecified atom stereocenters. The molecule has 100 valence electrons. The van der Waals surface area contributed by atoms with Crippen LogP contribution in [0.15, 0.2) is 41.0 Å². The maximum absolute atomic E-state index is 12.4. The predicted octanol–water partition coefficient (Wildman–Crippen LogP) is 3.18. The molecule has 5 heteroatoms. The molecular formula is C14H15ClN2O2. The van der Waals surface area contributed by atoms with Gasteiger partial charge in [-0.3, -0.25) is 4.79 Å². The normalized spacial score (nSPS) is 10.4. The lowest BCUT2D eigenvalue weighted by atomic mass is 10.1. The number of hydrogen-bond donors (Lipinski definition) is 1. The molecule has 4 nitrogen and oxygen atoms in total. The predicted molar refractivity (Wildman–Crippen MR) is 75.0 cm³/mol. The lowest BCUT2D eigenvalue weighted by molar-refractivity contribution is 0.0741. The molecule has 0 aliphatic rings. The first-order valence-electron chi connectivity index (χ1n) is 5.98. The van der Waals surface area contributed by atoms with Gasteiger partial charge in [0.25, 0.3) is 5.91 Å². The fraction of sp³-hybridized carbons (Fsp3) is 0.214. The minimum Gasteiger partial charge on any atom is -0.467 e. The van der Waals surface area contributed by atoms with Gasteiger partial charge in [0.15, 0.2) is 0 Å². The molecule has 0 saturated carbocycles. The van der Waals surface area contributed by atoms with Crippen molar-refractivity contribution in [2.24, 2.45) is 0 Å². The summed E-state index contributed by atoms with van der Waals surface area (Å²) in [5.74, 6) is 0.575. The molecular weight excluding hydrogens is 264 g/mol. The van der Waals surface area contributed by atoms with Gasteiger partial charge in [-0.15, -0.1) is 0 Å². The number of carbonyl (C=O) groups excluding carboxylic acids is 1. The Balaban J connectivity index is 2.23. The summed E-state index contributed by atoms with van der Waals surface area (Å²) in [6.45, 7) is 2.87. The van der Waals surface area contributed by atoms with Crippen LogP contribution < -0.4 is 5.73 Å². The van der Waals surface area contributed by atoms with Crippen LogP contribution >= 0.6 is 11.6 Å². The summed E-state index contributed by atoms with van der Waals surface area (Å²) in [6.07, 6.45) is 1.58. The zero-order valence-corrected chi connectivity index (χ0v) is 11.4. The average molecular weight is 279 g/mol. The molecule has 0 aliphatic carbocycles. The topological polar surface area (TPSA) is 59.5 Å². The monoisotopic (exact) mass is 278 g/mol. The van der Waals surface area contributed by atoms with Crippen LogP contribution in [0, 0.1) is 0 Å². The third kappa shape index (κ3) is 3.09. The van der Waals surface area contributed by atoms with Gasteiger partial charge in [-0.1, -0.05) is 11.6 Å². The highest BCUT2D eigenvalue weighted by molar-refractivity contribution is 6.34. The van der Waals surface area contributed by atoms with Crippen LogP contribution in [0.4, 0.5) is 5.69 Å². The molecule has 0 radical (unpaired) electrons. The molecule has 0 aliphatic heterocycles. The molecule has 19 heavy (non-hydrogen) atoms. The van der Waals surface area contributed by atoms with E-state index in [1.165, 1.54) is 0 Å². The molecule has 0 saturated heterocycles. The van der Waals surface area contributed by atoms with Crippen molar-refractivity contribution < 1.29 is 9.21 Å². The molecule has 1 amide bonds. The van der Waals surface area contributed by atoms with Crippen LogP contribution in [-0.4, -0.2) is 17.4 Å². The van der Waals surface area contributed by atoms with Gasteiger partial charge in [0.05, 0.1) is 23.4 Å². The first-order valence-corrected chi connectivity index (χ1v) is 6.36. The largest absolute Gasteiger partial charge is 0.467 e. The third-order valence-corrected chi connectivity index (χ3v) is 3.15. The van der Waals surface area contributed by atoms with Gasteiger partial charge in [-0.2, -0.15) is 0 Å². The lowest BCUT2D eigenvalue weighted by Crippen LogP contribution is -2.30. The van der Waals surface area contributed by atoms with Gasteiger partial charge < -0.3 is 15.1 Å². The van der Waals surface area contributed by atoms with E-state index < -0.39 is 0 Å². The van der Waals surface area contributed by atoms with E-state index in [0.29, 0.717) is 29.4 Å². The summed E-state index contributed by atoms with van der Waals surface area (Å²) >= 11 is 6.05. The van der Waals surface area contributed by atoms with Crippen molar-refractivity contribution in [2.75, 3.05) is 12.3 Å². The summed E-state index contributed by atoms with van der Waals surface area (Å²) < 4.78 is 5.25. The van der Waals surface area contributed by atoms with Gasteiger partial charge in [-0.05, 0) is 37.3 Å². The van der Waals surface area contributed by atoms with Crippen molar-refractivity contribution in [3.05, 3.63) is 52.9 Å². The highest BCUT2D eigenvalue weighted by Gasteiger charge is 2.18. The van der Waals surface area contributed by atoms with E-state index >= 15 is 0 Å². The molecule has 1 aromatic heterocycles. The maximum atomic E-state index is 12.4. The van der Waals surface area contributed by atoms with Gasteiger partial charge in [0.2, 0.25) is 0 Å². The van der Waals surface area contributed by atoms with Crippen molar-refractivity contribution in [3.63, 3.8) is 0 Å². The van der Waals surface area contributed by atoms with E-state index in [2.05, 4.69) is 0 Å². The number of halogens is 1. The van der Waals surface area contributed by atoms with Gasteiger partial charge in [0.1, 0.15) is 5.76 Å². The summed E-state index contributed by atoms with van der Waals surface area (Å²) in [7, 11) is 0. The van der Waals surface area contributed by atoms with E-state index in [-0.39, 0.29) is 5.91 Å². The minimum atomic E-state index is -0.156. The highest BCUT2D eigenvalue weighted by atomic mass is 35.5. The lowest BCUT2D eigenvalue weighted by Gasteiger charge is -2.20. The first kappa shape index (κ1) is 13.5. The highest BCUT2D eigenvalue weighted by Crippen LogP contribution is 2.21. The Morgan fingerprint density at radius 2 is 2.21 bits per heavy atom. The van der Waals surface area contributed by atoms with Crippen molar-refractivity contribution >= 4 is 23.2 Å². The molecule has 0 fully saturated rings. The van der Waals surface area contributed by atoms with Crippen LogP contribution in [0.5, 0.6) is 0 Å². The van der Waals surface area contributed by atoms with Crippen LogP contribution in [0.25, 0.3) is 0 Å². The van der Waals surface area contributed by atoms with Crippen LogP contribution in [0.3, 0.4) is 0 Å². The first-order chi connectivity index (χ1) is 9.11. The second-order valence-corrected chi connectivity index (χ2v) is 4.55. The Morgan fingerprint density at radius 3 is 2.84 bits per heavy atom. The number of amides is 1. The smallest absolute Gasteiger partial charge is 0.255 e. The molecule has 2 rings (SSSR count). The quantitative estimate of drug-likeness (QED) is 0.874. The number of rotatable bonds is 4. The van der Waals surface area contributed by atoms with Gasteiger partial charge >= 0.3 is 0 Å². The Kier molecular flexibility index (Phi) is 4.12. The van der Waals surface area contributed by atoms with Gasteiger partial charge in [0, 0.05) is 12.2 Å². The molecule has 0 bridgehead atoms. The van der Waals surface area contributed by atoms with Crippen molar-refractivity contribution in [1.82, 2.24) is 4.90 Å². The summed E-state index contributed by atoms with van der Waals surface area (Å²) in [5.41, 5.74) is 6.62. The van der Waals surface area contributed by atoms with E-state index in [4.69, 9.17) is 21.8 Å². The number of nitrogen functional groups attached to an aromatic ring is 1. The molecule has 1 heterocycles. The van der Waals surface area contributed by atoms with E-state index in [0.717, 1.165) is 5.76 Å². The molecule has 2 N–H and O–H groups in total.